The van der Waals surface area contributed by atoms with Crippen LogP contribution in [-0.4, -0.2) is 16.2 Å². The molecule has 3 aromatic rings. The molecule has 1 heterocycles. The third-order valence-corrected chi connectivity index (χ3v) is 4.60. The summed E-state index contributed by atoms with van der Waals surface area (Å²) in [6, 6.07) is 13.5. The zero-order valence-corrected chi connectivity index (χ0v) is 16.8. The van der Waals surface area contributed by atoms with E-state index in [1.54, 1.807) is 18.2 Å². The van der Waals surface area contributed by atoms with Gasteiger partial charge in [0.15, 0.2) is 11.6 Å². The number of para-hydroxylation sites is 2. The number of imidazole rings is 1. The van der Waals surface area contributed by atoms with Gasteiger partial charge in [0.2, 0.25) is 0 Å². The van der Waals surface area contributed by atoms with Crippen molar-refractivity contribution >= 4 is 45.9 Å². The summed E-state index contributed by atoms with van der Waals surface area (Å²) < 4.78 is 7.59. The first-order chi connectivity index (χ1) is 12.9. The fraction of sp³-hybridized carbons (Fsp3) is 0.238. The maximum Gasteiger partial charge on any atom is 0.156 e. The minimum atomic E-state index is 0.361. The van der Waals surface area contributed by atoms with Gasteiger partial charge >= 0.3 is 0 Å². The lowest BCUT2D eigenvalue weighted by molar-refractivity contribution is 0.271. The fourth-order valence-corrected chi connectivity index (χ4v) is 3.36. The van der Waals surface area contributed by atoms with E-state index in [0.29, 0.717) is 45.3 Å². The summed E-state index contributed by atoms with van der Waals surface area (Å²) in [6.07, 6.45) is 1.73. The number of rotatable bonds is 5. The molecule has 0 spiro atoms. The number of halogens is 2. The Morgan fingerprint density at radius 3 is 2.52 bits per heavy atom. The van der Waals surface area contributed by atoms with Gasteiger partial charge in [0.05, 0.1) is 33.3 Å². The standard InChI is InChI=1S/C21H19Cl2N3O/c1-13(2)12-27-20-16(22)9-14(10-17(20)23)8-15(11-24)21-25-18-6-4-5-7-19(18)26(21)3/h4-10,13H,12H2,1-3H3/b15-8-. The SMILES string of the molecule is CC(C)COc1c(Cl)cc(/C=C(/C#N)c2nc3ccccc3n2C)cc1Cl. The van der Waals surface area contributed by atoms with Gasteiger partial charge in [-0.05, 0) is 41.8 Å². The molecule has 3 rings (SSSR count). The van der Waals surface area contributed by atoms with E-state index in [1.807, 2.05) is 35.9 Å². The van der Waals surface area contributed by atoms with Crippen LogP contribution >= 0.6 is 23.2 Å². The Morgan fingerprint density at radius 2 is 1.93 bits per heavy atom. The summed E-state index contributed by atoms with van der Waals surface area (Å²) >= 11 is 12.7. The number of nitrogens with zero attached hydrogens (tertiary/aromatic N) is 3. The number of hydrogen-bond donors (Lipinski definition) is 0. The van der Waals surface area contributed by atoms with Crippen molar-refractivity contribution in [2.75, 3.05) is 6.61 Å². The van der Waals surface area contributed by atoms with E-state index in [9.17, 15) is 5.26 Å². The van der Waals surface area contributed by atoms with Crippen molar-refractivity contribution in [2.45, 2.75) is 13.8 Å². The number of hydrogen-bond acceptors (Lipinski definition) is 3. The van der Waals surface area contributed by atoms with Crippen molar-refractivity contribution in [3.8, 4) is 11.8 Å². The lowest BCUT2D eigenvalue weighted by Crippen LogP contribution is -2.05. The molecule has 138 valence electrons. The van der Waals surface area contributed by atoms with Crippen LogP contribution in [0.1, 0.15) is 25.2 Å². The van der Waals surface area contributed by atoms with Gasteiger partial charge in [0.1, 0.15) is 6.07 Å². The van der Waals surface area contributed by atoms with Crippen molar-refractivity contribution in [1.82, 2.24) is 9.55 Å². The van der Waals surface area contributed by atoms with Crippen LogP contribution in [-0.2, 0) is 7.05 Å². The van der Waals surface area contributed by atoms with Crippen molar-refractivity contribution < 1.29 is 4.74 Å². The summed E-state index contributed by atoms with van der Waals surface area (Å²) in [5.41, 5.74) is 2.94. The summed E-state index contributed by atoms with van der Waals surface area (Å²) in [7, 11) is 1.89. The average Bonchev–Trinajstić information content (AvgIpc) is 2.96. The van der Waals surface area contributed by atoms with Crippen LogP contribution in [0.4, 0.5) is 0 Å². The predicted octanol–water partition coefficient (Wildman–Crippen LogP) is 5.98. The molecule has 0 aliphatic rings. The van der Waals surface area contributed by atoms with Gasteiger partial charge in [-0.1, -0.05) is 49.2 Å². The van der Waals surface area contributed by atoms with E-state index in [4.69, 9.17) is 27.9 Å². The number of fused-ring (bicyclic) bond motifs is 1. The maximum absolute atomic E-state index is 9.67. The van der Waals surface area contributed by atoms with Gasteiger partial charge in [-0.3, -0.25) is 0 Å². The van der Waals surface area contributed by atoms with Crippen LogP contribution in [0.15, 0.2) is 36.4 Å². The molecule has 0 saturated heterocycles. The molecule has 0 unspecified atom stereocenters. The molecule has 0 fully saturated rings. The van der Waals surface area contributed by atoms with Gasteiger partial charge in [0.25, 0.3) is 0 Å². The number of aromatic nitrogens is 2. The molecule has 2 aromatic carbocycles. The van der Waals surface area contributed by atoms with E-state index >= 15 is 0 Å². The van der Waals surface area contributed by atoms with E-state index in [-0.39, 0.29) is 0 Å². The van der Waals surface area contributed by atoms with E-state index in [0.717, 1.165) is 11.0 Å². The largest absolute Gasteiger partial charge is 0.490 e. The second kappa shape index (κ2) is 8.04. The molecule has 0 aliphatic carbocycles. The lowest BCUT2D eigenvalue weighted by atomic mass is 10.1. The summed E-state index contributed by atoms with van der Waals surface area (Å²) in [5.74, 6) is 1.41. The highest BCUT2D eigenvalue weighted by atomic mass is 35.5. The Labute approximate surface area is 168 Å². The maximum atomic E-state index is 9.67. The first-order valence-corrected chi connectivity index (χ1v) is 9.31. The number of nitriles is 1. The molecule has 0 radical (unpaired) electrons. The third-order valence-electron chi connectivity index (χ3n) is 4.04. The summed E-state index contributed by atoms with van der Waals surface area (Å²) in [4.78, 5) is 4.57. The molecule has 27 heavy (non-hydrogen) atoms. The van der Waals surface area contributed by atoms with Crippen LogP contribution in [0.2, 0.25) is 10.0 Å². The second-order valence-electron chi connectivity index (χ2n) is 6.67. The van der Waals surface area contributed by atoms with Crippen molar-refractivity contribution in [2.24, 2.45) is 13.0 Å². The highest BCUT2D eigenvalue weighted by Crippen LogP contribution is 2.35. The monoisotopic (exact) mass is 399 g/mol. The smallest absolute Gasteiger partial charge is 0.156 e. The van der Waals surface area contributed by atoms with Crippen LogP contribution in [0.3, 0.4) is 0 Å². The highest BCUT2D eigenvalue weighted by molar-refractivity contribution is 6.37. The molecular weight excluding hydrogens is 381 g/mol. The van der Waals surface area contributed by atoms with E-state index in [2.05, 4.69) is 24.9 Å². The molecule has 0 aliphatic heterocycles. The van der Waals surface area contributed by atoms with Gasteiger partial charge in [-0.2, -0.15) is 5.26 Å². The zero-order valence-electron chi connectivity index (χ0n) is 15.3. The van der Waals surface area contributed by atoms with Crippen LogP contribution in [0.25, 0.3) is 22.7 Å². The van der Waals surface area contributed by atoms with E-state index in [1.165, 1.54) is 0 Å². The molecular formula is C21H19Cl2N3O. The molecule has 0 bridgehead atoms. The number of ether oxygens (including phenoxy) is 1. The minimum Gasteiger partial charge on any atom is -0.490 e. The van der Waals surface area contributed by atoms with Crippen LogP contribution < -0.4 is 4.74 Å². The molecule has 0 atom stereocenters. The van der Waals surface area contributed by atoms with Crippen molar-refractivity contribution in [3.63, 3.8) is 0 Å². The third kappa shape index (κ3) is 4.10. The first kappa shape index (κ1) is 19.3. The topological polar surface area (TPSA) is 50.8 Å². The first-order valence-electron chi connectivity index (χ1n) is 8.56. The van der Waals surface area contributed by atoms with Crippen molar-refractivity contribution in [1.29, 1.82) is 5.26 Å². The van der Waals surface area contributed by atoms with Gasteiger partial charge in [0, 0.05) is 7.05 Å². The van der Waals surface area contributed by atoms with Crippen LogP contribution in [0, 0.1) is 17.2 Å². The fourth-order valence-electron chi connectivity index (χ4n) is 2.75. The molecule has 0 amide bonds. The van der Waals surface area contributed by atoms with E-state index < -0.39 is 0 Å². The predicted molar refractivity (Wildman–Crippen MR) is 111 cm³/mol. The van der Waals surface area contributed by atoms with Gasteiger partial charge in [-0.25, -0.2) is 4.98 Å². The lowest BCUT2D eigenvalue weighted by Gasteiger charge is -2.12. The number of aryl methyl sites for hydroxylation is 1. The Hall–Kier alpha value is -2.48. The molecule has 6 heteroatoms. The molecule has 4 nitrogen and oxygen atoms in total. The zero-order chi connectivity index (χ0) is 19.6. The van der Waals surface area contributed by atoms with Gasteiger partial charge in [-0.15, -0.1) is 0 Å². The molecule has 0 saturated carbocycles. The average molecular weight is 400 g/mol. The Bertz CT molecular complexity index is 1040. The number of allylic oxidation sites excluding steroid dienone is 1. The molecule has 1 aromatic heterocycles. The number of benzene rings is 2. The second-order valence-corrected chi connectivity index (χ2v) is 7.49. The highest BCUT2D eigenvalue weighted by Gasteiger charge is 2.14. The summed E-state index contributed by atoms with van der Waals surface area (Å²) in [6.45, 7) is 4.63. The Morgan fingerprint density at radius 1 is 1.26 bits per heavy atom. The Kier molecular flexibility index (Phi) is 5.74. The quantitative estimate of drug-likeness (QED) is 0.495. The van der Waals surface area contributed by atoms with Crippen LogP contribution in [0.5, 0.6) is 5.75 Å². The normalized spacial score (nSPS) is 11.8. The Balaban J connectivity index is 2.01. The molecule has 0 N–H and O–H groups in total. The minimum absolute atomic E-state index is 0.361. The van der Waals surface area contributed by atoms with Gasteiger partial charge < -0.3 is 9.30 Å². The summed E-state index contributed by atoms with van der Waals surface area (Å²) in [5, 5.41) is 10.5. The van der Waals surface area contributed by atoms with Crippen molar-refractivity contribution in [3.05, 3.63) is 57.8 Å².